The zero-order valence-corrected chi connectivity index (χ0v) is 24.4. The highest BCUT2D eigenvalue weighted by Gasteiger charge is 2.25. The fourth-order valence-electron chi connectivity index (χ4n) is 4.68. The molecule has 0 aliphatic heterocycles. The normalized spacial score (nSPS) is 17.9. The van der Waals surface area contributed by atoms with Gasteiger partial charge in [-0.2, -0.15) is 0 Å². The number of sulfonamides is 1. The molecule has 1 fully saturated rings. The Balaban J connectivity index is 1.41. The number of aryl methyl sites for hydroxylation is 1. The summed E-state index contributed by atoms with van der Waals surface area (Å²) in [5.74, 6) is -0.254. The largest absolute Gasteiger partial charge is 0.444 e. The number of hydrogen-bond donors (Lipinski definition) is 3. The van der Waals surface area contributed by atoms with Crippen molar-refractivity contribution in [2.75, 3.05) is 15.8 Å². The summed E-state index contributed by atoms with van der Waals surface area (Å²) in [7, 11) is -3.60. The molecule has 3 N–H and O–H groups in total. The molecule has 2 aromatic heterocycles. The number of hydrogen-bond acceptors (Lipinski definition) is 8. The van der Waals surface area contributed by atoms with Crippen LogP contribution in [0.2, 0.25) is 0 Å². The lowest BCUT2D eigenvalue weighted by molar-refractivity contribution is 0.0492. The highest BCUT2D eigenvalue weighted by molar-refractivity contribution is 7.92. The standard InChI is InChI=1S/C28H37FN6O4S/c1-6-13-40(37,38)35-22-12-7-18(15-21(22)29)23-14-17(2)25-24(33-23)16-30-26(34-25)31-19-8-10-20(11-9-19)32-27(36)39-28(3,4)5/h7,12,14-16,19-20,35H,6,8-11,13H2,1-5H3,(H,32,36)(H,30,31,34). The Morgan fingerprint density at radius 3 is 2.45 bits per heavy atom. The van der Waals surface area contributed by atoms with Gasteiger partial charge in [0.25, 0.3) is 0 Å². The molecular weight excluding hydrogens is 535 g/mol. The minimum Gasteiger partial charge on any atom is -0.444 e. The van der Waals surface area contributed by atoms with Gasteiger partial charge in [0.15, 0.2) is 0 Å². The first kappa shape index (κ1) is 29.4. The highest BCUT2D eigenvalue weighted by atomic mass is 32.2. The number of fused-ring (bicyclic) bond motifs is 1. The average Bonchev–Trinajstić information content (AvgIpc) is 2.85. The van der Waals surface area contributed by atoms with E-state index in [-0.39, 0.29) is 29.6 Å². The maximum atomic E-state index is 14.7. The van der Waals surface area contributed by atoms with Crippen LogP contribution >= 0.6 is 0 Å². The lowest BCUT2D eigenvalue weighted by Crippen LogP contribution is -2.42. The minimum absolute atomic E-state index is 0.0747. The molecule has 10 nitrogen and oxygen atoms in total. The molecule has 0 bridgehead atoms. The van der Waals surface area contributed by atoms with Crippen molar-refractivity contribution in [1.82, 2.24) is 20.3 Å². The summed E-state index contributed by atoms with van der Waals surface area (Å²) in [5.41, 5.74) is 2.53. The number of nitrogens with one attached hydrogen (secondary N) is 3. The lowest BCUT2D eigenvalue weighted by atomic mass is 9.91. The molecule has 1 amide bonds. The number of benzene rings is 1. The van der Waals surface area contributed by atoms with E-state index in [1.54, 1.807) is 19.2 Å². The summed E-state index contributed by atoms with van der Waals surface area (Å²) < 4.78 is 46.4. The Hall–Kier alpha value is -3.54. The van der Waals surface area contributed by atoms with Crippen molar-refractivity contribution in [3.8, 4) is 11.3 Å². The number of ether oxygens (including phenoxy) is 1. The quantitative estimate of drug-likeness (QED) is 0.320. The number of anilines is 2. The number of amides is 1. The van der Waals surface area contributed by atoms with E-state index in [4.69, 9.17) is 4.74 Å². The van der Waals surface area contributed by atoms with E-state index in [2.05, 4.69) is 30.3 Å². The third-order valence-corrected chi connectivity index (χ3v) is 8.00. The Morgan fingerprint density at radius 2 is 1.80 bits per heavy atom. The SMILES string of the molecule is CCCS(=O)(=O)Nc1ccc(-c2cc(C)c3nc(NC4CCC(NC(=O)OC(C)(C)C)CC4)ncc3n2)cc1F. The Kier molecular flexibility index (Phi) is 8.77. The monoisotopic (exact) mass is 572 g/mol. The average molecular weight is 573 g/mol. The summed E-state index contributed by atoms with van der Waals surface area (Å²) in [6.45, 7) is 9.18. The van der Waals surface area contributed by atoms with Crippen LogP contribution in [0.5, 0.6) is 0 Å². The fourth-order valence-corrected chi connectivity index (χ4v) is 5.82. The van der Waals surface area contributed by atoms with Gasteiger partial charge in [-0.05, 0) is 83.6 Å². The van der Waals surface area contributed by atoms with Crippen LogP contribution in [-0.4, -0.2) is 52.9 Å². The van der Waals surface area contributed by atoms with Crippen molar-refractivity contribution in [2.24, 2.45) is 0 Å². The maximum Gasteiger partial charge on any atom is 0.407 e. The van der Waals surface area contributed by atoms with E-state index in [9.17, 15) is 17.6 Å². The molecule has 0 saturated heterocycles. The number of aromatic nitrogens is 3. The molecule has 0 radical (unpaired) electrons. The van der Waals surface area contributed by atoms with Crippen molar-refractivity contribution >= 4 is 38.8 Å². The number of pyridine rings is 1. The highest BCUT2D eigenvalue weighted by Crippen LogP contribution is 2.28. The zero-order valence-electron chi connectivity index (χ0n) is 23.5. The Bertz CT molecular complexity index is 1480. The molecule has 0 unspecified atom stereocenters. The van der Waals surface area contributed by atoms with Gasteiger partial charge in [-0.1, -0.05) is 13.0 Å². The molecule has 4 rings (SSSR count). The second-order valence-corrected chi connectivity index (χ2v) is 13.0. The van der Waals surface area contributed by atoms with Gasteiger partial charge >= 0.3 is 6.09 Å². The Morgan fingerprint density at radius 1 is 1.10 bits per heavy atom. The fraction of sp³-hybridized carbons (Fsp3) is 0.500. The van der Waals surface area contributed by atoms with Gasteiger partial charge in [0.1, 0.15) is 16.9 Å². The van der Waals surface area contributed by atoms with Gasteiger partial charge in [0.2, 0.25) is 16.0 Å². The summed E-state index contributed by atoms with van der Waals surface area (Å²) in [4.78, 5) is 25.8. The molecule has 3 aromatic rings. The molecule has 40 heavy (non-hydrogen) atoms. The molecule has 2 heterocycles. The molecule has 216 valence electrons. The third-order valence-electron chi connectivity index (χ3n) is 6.52. The van der Waals surface area contributed by atoms with Gasteiger partial charge in [-0.25, -0.2) is 32.6 Å². The smallest absolute Gasteiger partial charge is 0.407 e. The number of nitrogens with zero attached hydrogens (tertiary/aromatic N) is 3. The van der Waals surface area contributed by atoms with Gasteiger partial charge in [0.05, 0.1) is 28.8 Å². The number of alkyl carbamates (subject to hydrolysis) is 1. The van der Waals surface area contributed by atoms with Gasteiger partial charge in [-0.3, -0.25) is 4.72 Å². The molecule has 1 aliphatic carbocycles. The predicted molar refractivity (Wildman–Crippen MR) is 154 cm³/mol. The van der Waals surface area contributed by atoms with E-state index in [1.165, 1.54) is 12.1 Å². The summed E-state index contributed by atoms with van der Waals surface area (Å²) in [5, 5.41) is 6.35. The van der Waals surface area contributed by atoms with Crippen molar-refractivity contribution in [3.63, 3.8) is 0 Å². The van der Waals surface area contributed by atoms with Crippen molar-refractivity contribution < 1.29 is 22.3 Å². The van der Waals surface area contributed by atoms with Crippen LogP contribution in [0.15, 0.2) is 30.5 Å². The first-order chi connectivity index (χ1) is 18.8. The minimum atomic E-state index is -3.60. The number of halogens is 1. The van der Waals surface area contributed by atoms with Crippen LogP contribution in [0.3, 0.4) is 0 Å². The summed E-state index contributed by atoms with van der Waals surface area (Å²) in [6.07, 6.45) is 5.04. The second-order valence-electron chi connectivity index (χ2n) is 11.2. The molecule has 1 saturated carbocycles. The zero-order chi connectivity index (χ0) is 29.1. The second kappa shape index (κ2) is 11.9. The number of carbonyl (C=O) groups excluding carboxylic acids is 1. The molecule has 0 spiro atoms. The van der Waals surface area contributed by atoms with Gasteiger partial charge in [-0.15, -0.1) is 0 Å². The Labute approximate surface area is 234 Å². The van der Waals surface area contributed by atoms with Crippen LogP contribution < -0.4 is 15.4 Å². The molecule has 12 heteroatoms. The van der Waals surface area contributed by atoms with Gasteiger partial charge < -0.3 is 15.4 Å². The van der Waals surface area contributed by atoms with E-state index >= 15 is 0 Å². The van der Waals surface area contributed by atoms with Crippen molar-refractivity contribution in [1.29, 1.82) is 0 Å². The lowest BCUT2D eigenvalue weighted by Gasteiger charge is -2.30. The van der Waals surface area contributed by atoms with Crippen LogP contribution in [-0.2, 0) is 14.8 Å². The predicted octanol–water partition coefficient (Wildman–Crippen LogP) is 5.54. The molecule has 0 atom stereocenters. The van der Waals surface area contributed by atoms with Gasteiger partial charge in [0, 0.05) is 17.6 Å². The first-order valence-corrected chi connectivity index (χ1v) is 15.2. The maximum absolute atomic E-state index is 14.7. The number of carbonyl (C=O) groups is 1. The van der Waals surface area contributed by atoms with E-state index < -0.39 is 21.4 Å². The van der Waals surface area contributed by atoms with Crippen LogP contribution in [0, 0.1) is 12.7 Å². The molecular formula is C28H37FN6O4S. The third kappa shape index (κ3) is 7.77. The molecule has 1 aromatic carbocycles. The summed E-state index contributed by atoms with van der Waals surface area (Å²) >= 11 is 0. The first-order valence-electron chi connectivity index (χ1n) is 13.5. The van der Waals surface area contributed by atoms with Crippen LogP contribution in [0.25, 0.3) is 22.3 Å². The number of rotatable bonds is 8. The van der Waals surface area contributed by atoms with E-state index in [0.717, 1.165) is 31.2 Å². The van der Waals surface area contributed by atoms with E-state index in [0.29, 0.717) is 34.7 Å². The van der Waals surface area contributed by atoms with Crippen LogP contribution in [0.1, 0.15) is 65.4 Å². The summed E-state index contributed by atoms with van der Waals surface area (Å²) in [6, 6.07) is 6.37. The topological polar surface area (TPSA) is 135 Å². The van der Waals surface area contributed by atoms with Crippen molar-refractivity contribution in [2.45, 2.75) is 84.4 Å². The van der Waals surface area contributed by atoms with Crippen LogP contribution in [0.4, 0.5) is 20.8 Å². The van der Waals surface area contributed by atoms with E-state index in [1.807, 2.05) is 33.8 Å². The molecule has 1 aliphatic rings. The van der Waals surface area contributed by atoms with Crippen molar-refractivity contribution in [3.05, 3.63) is 41.8 Å².